The van der Waals surface area contributed by atoms with Crippen LogP contribution in [0, 0.1) is 0 Å². The van der Waals surface area contributed by atoms with Crippen molar-refractivity contribution in [1.82, 2.24) is 19.9 Å². The number of carbonyl (C=O) groups excluding carboxylic acids is 2. The quantitative estimate of drug-likeness (QED) is 0.411. The SMILES string of the molecule is CC(C)(O)C(=O)[O-].CC(C)(O)C(=O)[O-].[Ni+2].c1c[nH]cn1.c1c[nH]cn1. The molecule has 0 atom stereocenters. The Kier molecular flexibility index (Phi) is 15.6. The normalized spacial score (nSPS) is 9.52. The number of nitrogens with one attached hydrogen (secondary N) is 2. The Morgan fingerprint density at radius 2 is 1.08 bits per heavy atom. The minimum Gasteiger partial charge on any atom is -0.547 e. The molecule has 0 aliphatic heterocycles. The van der Waals surface area contributed by atoms with Crippen molar-refractivity contribution in [3.05, 3.63) is 37.4 Å². The molecule has 144 valence electrons. The van der Waals surface area contributed by atoms with Gasteiger partial charge in [-0.25, -0.2) is 9.97 Å². The van der Waals surface area contributed by atoms with Crippen molar-refractivity contribution in [2.24, 2.45) is 0 Å². The summed E-state index contributed by atoms with van der Waals surface area (Å²) in [7, 11) is 0. The number of carboxylic acids is 2. The Labute approximate surface area is 155 Å². The first-order valence-corrected chi connectivity index (χ1v) is 6.62. The minimum atomic E-state index is -1.69. The van der Waals surface area contributed by atoms with E-state index in [1.165, 1.54) is 0 Å². The van der Waals surface area contributed by atoms with E-state index < -0.39 is 23.1 Å². The number of carboxylic acid groups (broad SMARTS) is 2. The molecule has 0 unspecified atom stereocenters. The zero-order valence-corrected chi connectivity index (χ0v) is 15.2. The van der Waals surface area contributed by atoms with Gasteiger partial charge in [-0.2, -0.15) is 0 Å². The van der Waals surface area contributed by atoms with Crippen molar-refractivity contribution in [1.29, 1.82) is 0 Å². The van der Waals surface area contributed by atoms with Crippen molar-refractivity contribution < 1.29 is 46.5 Å². The first kappa shape index (κ1) is 27.6. The number of carbonyl (C=O) groups is 2. The fourth-order valence-corrected chi connectivity index (χ4v) is 0.430. The molecule has 4 N–H and O–H groups in total. The van der Waals surface area contributed by atoms with Gasteiger partial charge in [0.2, 0.25) is 0 Å². The van der Waals surface area contributed by atoms with Crippen LogP contribution in [0.4, 0.5) is 0 Å². The van der Waals surface area contributed by atoms with Gasteiger partial charge in [-0.3, -0.25) is 0 Å². The number of rotatable bonds is 2. The number of hydrogen-bond acceptors (Lipinski definition) is 8. The van der Waals surface area contributed by atoms with E-state index in [2.05, 4.69) is 19.9 Å². The van der Waals surface area contributed by atoms with E-state index in [0.29, 0.717) is 0 Å². The van der Waals surface area contributed by atoms with Gasteiger partial charge < -0.3 is 40.0 Å². The molecule has 2 aromatic heterocycles. The summed E-state index contributed by atoms with van der Waals surface area (Å²) in [6.45, 7) is 4.62. The first-order chi connectivity index (χ1) is 10.9. The largest absolute Gasteiger partial charge is 2.00 e. The second-order valence-corrected chi connectivity index (χ2v) is 5.21. The summed E-state index contributed by atoms with van der Waals surface area (Å²) in [5.74, 6) is -2.90. The third kappa shape index (κ3) is 21.8. The third-order valence-corrected chi connectivity index (χ3v) is 1.81. The van der Waals surface area contributed by atoms with Crippen LogP contribution in [-0.2, 0) is 26.1 Å². The molecule has 2 rings (SSSR count). The van der Waals surface area contributed by atoms with E-state index in [1.54, 1.807) is 37.4 Å². The summed E-state index contributed by atoms with van der Waals surface area (Å²) in [4.78, 5) is 32.2. The fourth-order valence-electron chi connectivity index (χ4n) is 0.430. The monoisotopic (exact) mass is 400 g/mol. The molecule has 0 radical (unpaired) electrons. The van der Waals surface area contributed by atoms with E-state index in [-0.39, 0.29) is 16.5 Å². The van der Waals surface area contributed by atoms with Crippen LogP contribution in [0.25, 0.3) is 0 Å². The van der Waals surface area contributed by atoms with Gasteiger partial charge in [-0.1, -0.05) is 0 Å². The second-order valence-electron chi connectivity index (χ2n) is 5.21. The van der Waals surface area contributed by atoms with Crippen LogP contribution in [0.15, 0.2) is 37.4 Å². The number of H-pyrrole nitrogens is 2. The molecule has 0 fully saturated rings. The molecule has 0 bridgehead atoms. The molecule has 0 aliphatic rings. The Balaban J connectivity index is -0.000000257. The summed E-state index contributed by atoms with van der Waals surface area (Å²) in [5.41, 5.74) is -3.39. The maximum absolute atomic E-state index is 9.66. The van der Waals surface area contributed by atoms with Crippen LogP contribution in [0.5, 0.6) is 0 Å². The minimum absolute atomic E-state index is 0. The third-order valence-electron chi connectivity index (χ3n) is 1.81. The number of imidazole rings is 2. The molecule has 0 aromatic carbocycles. The molecule has 2 aromatic rings. The number of nitrogens with zero attached hydrogens (tertiary/aromatic N) is 2. The van der Waals surface area contributed by atoms with E-state index in [4.69, 9.17) is 10.2 Å². The fraction of sp³-hybridized carbons (Fsp3) is 0.429. The van der Waals surface area contributed by atoms with Crippen LogP contribution in [-0.4, -0.2) is 53.3 Å². The van der Waals surface area contributed by atoms with E-state index in [9.17, 15) is 19.8 Å². The Morgan fingerprint density at radius 3 is 1.12 bits per heavy atom. The van der Waals surface area contributed by atoms with Gasteiger partial charge in [0.15, 0.2) is 0 Å². The number of aromatic nitrogens is 4. The molecule has 0 amide bonds. The maximum Gasteiger partial charge on any atom is 2.00 e. The van der Waals surface area contributed by atoms with Crippen LogP contribution >= 0.6 is 0 Å². The van der Waals surface area contributed by atoms with E-state index in [1.807, 2.05) is 0 Å². The predicted octanol–water partition coefficient (Wildman–Crippen LogP) is -2.17. The van der Waals surface area contributed by atoms with Crippen molar-refractivity contribution in [3.8, 4) is 0 Å². The maximum atomic E-state index is 9.66. The molecule has 0 saturated carbocycles. The Bertz CT molecular complexity index is 448. The molecule has 2 heterocycles. The zero-order chi connectivity index (χ0) is 19.2. The Hall–Kier alpha value is -2.23. The number of aliphatic hydroxyl groups is 2. The van der Waals surface area contributed by atoms with Gasteiger partial charge in [-0.05, 0) is 27.7 Å². The van der Waals surface area contributed by atoms with Gasteiger partial charge in [0, 0.05) is 24.8 Å². The molecule has 0 spiro atoms. The molecule has 25 heavy (non-hydrogen) atoms. The van der Waals surface area contributed by atoms with Crippen LogP contribution in [0.1, 0.15) is 27.7 Å². The number of hydrogen-bond donors (Lipinski definition) is 4. The molecule has 11 heteroatoms. The average Bonchev–Trinajstić information content (AvgIpc) is 3.16. The van der Waals surface area contributed by atoms with Crippen LogP contribution in [0.3, 0.4) is 0 Å². The number of aromatic amines is 2. The molecule has 0 saturated heterocycles. The second kappa shape index (κ2) is 14.1. The van der Waals surface area contributed by atoms with Gasteiger partial charge in [0.1, 0.15) is 0 Å². The van der Waals surface area contributed by atoms with Gasteiger partial charge in [0.05, 0.1) is 35.8 Å². The smallest absolute Gasteiger partial charge is 0.547 e. The van der Waals surface area contributed by atoms with E-state index >= 15 is 0 Å². The zero-order valence-electron chi connectivity index (χ0n) is 14.2. The summed E-state index contributed by atoms with van der Waals surface area (Å²) in [6.07, 6.45) is 10.2. The Morgan fingerprint density at radius 1 is 0.840 bits per heavy atom. The van der Waals surface area contributed by atoms with Crippen molar-refractivity contribution >= 4 is 11.9 Å². The van der Waals surface area contributed by atoms with Crippen LogP contribution in [0.2, 0.25) is 0 Å². The molecular weight excluding hydrogens is 379 g/mol. The van der Waals surface area contributed by atoms with Crippen molar-refractivity contribution in [2.75, 3.05) is 0 Å². The van der Waals surface area contributed by atoms with E-state index in [0.717, 1.165) is 27.7 Å². The summed E-state index contributed by atoms with van der Waals surface area (Å²) >= 11 is 0. The van der Waals surface area contributed by atoms with Crippen molar-refractivity contribution in [3.63, 3.8) is 0 Å². The first-order valence-electron chi connectivity index (χ1n) is 6.62. The summed E-state index contributed by atoms with van der Waals surface area (Å²) in [5, 5.41) is 36.2. The number of aliphatic carboxylic acids is 2. The average molecular weight is 401 g/mol. The van der Waals surface area contributed by atoms with Crippen LogP contribution < -0.4 is 10.2 Å². The summed E-state index contributed by atoms with van der Waals surface area (Å²) in [6, 6.07) is 0. The van der Waals surface area contributed by atoms with Gasteiger partial charge >= 0.3 is 16.5 Å². The predicted molar refractivity (Wildman–Crippen MR) is 79.8 cm³/mol. The standard InChI is InChI=1S/2C4H8O3.2C3H4N2.Ni/c2*1-4(2,7)3(5)6;2*1-2-5-3-4-1;/h2*7H,1-2H3,(H,5,6);2*1-3H,(H,4,5);/q;;;;+2/p-2. The molecule has 0 aliphatic carbocycles. The van der Waals surface area contributed by atoms with Gasteiger partial charge in [0.25, 0.3) is 0 Å². The molecule has 10 nitrogen and oxygen atoms in total. The molecular formula is C14H22N4NiO6. The van der Waals surface area contributed by atoms with Crippen molar-refractivity contribution in [2.45, 2.75) is 38.9 Å². The van der Waals surface area contributed by atoms with Gasteiger partial charge in [-0.15, -0.1) is 0 Å². The summed E-state index contributed by atoms with van der Waals surface area (Å²) < 4.78 is 0. The topological polar surface area (TPSA) is 178 Å².